The minimum absolute atomic E-state index is 0.0266. The van der Waals surface area contributed by atoms with Crippen LogP contribution in [0.3, 0.4) is 0 Å². The Morgan fingerprint density at radius 3 is 2.92 bits per heavy atom. The summed E-state index contributed by atoms with van der Waals surface area (Å²) in [5, 5.41) is 7.06. The molecule has 3 rings (SSSR count). The number of rotatable bonds is 6. The van der Waals surface area contributed by atoms with E-state index in [1.165, 1.54) is 5.56 Å². The van der Waals surface area contributed by atoms with Gasteiger partial charge in [0.2, 0.25) is 11.8 Å². The van der Waals surface area contributed by atoms with Crippen molar-refractivity contribution in [2.24, 2.45) is 0 Å². The molecule has 1 aromatic carbocycles. The largest absolute Gasteiger partial charge is 0.351 e. The molecule has 6 heteroatoms. The molecule has 0 radical (unpaired) electrons. The Kier molecular flexibility index (Phi) is 5.48. The van der Waals surface area contributed by atoms with Crippen LogP contribution < -0.4 is 5.32 Å². The van der Waals surface area contributed by atoms with Crippen molar-refractivity contribution in [3.63, 3.8) is 0 Å². The third-order valence-corrected chi connectivity index (χ3v) is 4.71. The molecule has 1 aromatic heterocycles. The van der Waals surface area contributed by atoms with E-state index in [1.54, 1.807) is 0 Å². The SMILES string of the molecule is Cc1ccccc1CNC(=O)CN1CCC[C@@H]1c1nc(C(C)C)no1. The van der Waals surface area contributed by atoms with E-state index >= 15 is 0 Å². The first-order valence-electron chi connectivity index (χ1n) is 8.93. The Labute approximate surface area is 148 Å². The maximum Gasteiger partial charge on any atom is 0.244 e. The summed E-state index contributed by atoms with van der Waals surface area (Å²) in [6, 6.07) is 8.14. The minimum atomic E-state index is 0.0266. The lowest BCUT2D eigenvalue weighted by Crippen LogP contribution is -2.36. The fourth-order valence-electron chi connectivity index (χ4n) is 3.15. The van der Waals surface area contributed by atoms with Crippen LogP contribution in [0, 0.1) is 6.92 Å². The van der Waals surface area contributed by atoms with E-state index in [9.17, 15) is 4.79 Å². The van der Waals surface area contributed by atoms with E-state index < -0.39 is 0 Å². The molecule has 1 atom stereocenters. The Bertz CT molecular complexity index is 726. The third kappa shape index (κ3) is 4.25. The molecule has 1 N–H and O–H groups in total. The second kappa shape index (κ2) is 7.78. The van der Waals surface area contributed by atoms with Gasteiger partial charge in [-0.1, -0.05) is 43.3 Å². The first-order valence-corrected chi connectivity index (χ1v) is 8.93. The zero-order valence-electron chi connectivity index (χ0n) is 15.2. The monoisotopic (exact) mass is 342 g/mol. The van der Waals surface area contributed by atoms with Crippen LogP contribution in [0.4, 0.5) is 0 Å². The molecular formula is C19H26N4O2. The normalized spacial score (nSPS) is 18.0. The van der Waals surface area contributed by atoms with Crippen LogP contribution in [0.5, 0.6) is 0 Å². The van der Waals surface area contributed by atoms with Gasteiger partial charge in [0.15, 0.2) is 5.82 Å². The van der Waals surface area contributed by atoms with Gasteiger partial charge in [-0.25, -0.2) is 0 Å². The van der Waals surface area contributed by atoms with Gasteiger partial charge < -0.3 is 9.84 Å². The van der Waals surface area contributed by atoms with Crippen LogP contribution in [0.25, 0.3) is 0 Å². The fourth-order valence-corrected chi connectivity index (χ4v) is 3.15. The van der Waals surface area contributed by atoms with Crippen molar-refractivity contribution < 1.29 is 9.32 Å². The van der Waals surface area contributed by atoms with E-state index in [0.717, 1.165) is 30.8 Å². The molecule has 2 aromatic rings. The molecule has 1 amide bonds. The Morgan fingerprint density at radius 2 is 2.20 bits per heavy atom. The molecule has 1 saturated heterocycles. The summed E-state index contributed by atoms with van der Waals surface area (Å²) in [4.78, 5) is 19.0. The van der Waals surface area contributed by atoms with Crippen LogP contribution in [0.2, 0.25) is 0 Å². The van der Waals surface area contributed by atoms with Crippen molar-refractivity contribution in [3.05, 3.63) is 47.1 Å². The van der Waals surface area contributed by atoms with Crippen LogP contribution in [-0.2, 0) is 11.3 Å². The van der Waals surface area contributed by atoms with Gasteiger partial charge >= 0.3 is 0 Å². The number of hydrogen-bond acceptors (Lipinski definition) is 5. The molecule has 6 nitrogen and oxygen atoms in total. The highest BCUT2D eigenvalue weighted by Crippen LogP contribution is 2.31. The number of amides is 1. The highest BCUT2D eigenvalue weighted by Gasteiger charge is 2.32. The van der Waals surface area contributed by atoms with E-state index in [4.69, 9.17) is 4.52 Å². The van der Waals surface area contributed by atoms with Gasteiger partial charge in [0.05, 0.1) is 12.6 Å². The van der Waals surface area contributed by atoms with Crippen LogP contribution in [0.1, 0.15) is 61.5 Å². The average molecular weight is 342 g/mol. The van der Waals surface area contributed by atoms with Crippen molar-refractivity contribution in [2.75, 3.05) is 13.1 Å². The van der Waals surface area contributed by atoms with Gasteiger partial charge in [-0.15, -0.1) is 0 Å². The third-order valence-electron chi connectivity index (χ3n) is 4.71. The van der Waals surface area contributed by atoms with Crippen LogP contribution in [-0.4, -0.2) is 34.0 Å². The Hall–Kier alpha value is -2.21. The van der Waals surface area contributed by atoms with Crippen molar-refractivity contribution in [3.8, 4) is 0 Å². The number of likely N-dealkylation sites (tertiary alicyclic amines) is 1. The van der Waals surface area contributed by atoms with Crippen molar-refractivity contribution in [1.29, 1.82) is 0 Å². The summed E-state index contributed by atoms with van der Waals surface area (Å²) in [6.07, 6.45) is 1.99. The summed E-state index contributed by atoms with van der Waals surface area (Å²) in [7, 11) is 0. The summed E-state index contributed by atoms with van der Waals surface area (Å²) in [6.45, 7) is 7.93. The Morgan fingerprint density at radius 1 is 1.40 bits per heavy atom. The maximum atomic E-state index is 12.4. The van der Waals surface area contributed by atoms with E-state index in [1.807, 2.05) is 32.0 Å². The van der Waals surface area contributed by atoms with Gasteiger partial charge in [-0.3, -0.25) is 9.69 Å². The zero-order valence-corrected chi connectivity index (χ0v) is 15.2. The van der Waals surface area contributed by atoms with Crippen molar-refractivity contribution >= 4 is 5.91 Å². The quantitative estimate of drug-likeness (QED) is 0.874. The van der Waals surface area contributed by atoms with E-state index in [2.05, 4.69) is 33.3 Å². The second-order valence-electron chi connectivity index (χ2n) is 6.98. The van der Waals surface area contributed by atoms with Gasteiger partial charge in [0.1, 0.15) is 0 Å². The molecule has 1 aliphatic heterocycles. The first-order chi connectivity index (χ1) is 12.0. The molecule has 25 heavy (non-hydrogen) atoms. The predicted octanol–water partition coefficient (Wildman–Crippen LogP) is 2.95. The number of aryl methyl sites for hydroxylation is 1. The summed E-state index contributed by atoms with van der Waals surface area (Å²) >= 11 is 0. The van der Waals surface area contributed by atoms with Crippen molar-refractivity contribution in [1.82, 2.24) is 20.4 Å². The number of carbonyl (C=O) groups excluding carboxylic acids is 1. The molecule has 0 bridgehead atoms. The van der Waals surface area contributed by atoms with Gasteiger partial charge in [0.25, 0.3) is 0 Å². The lowest BCUT2D eigenvalue weighted by Gasteiger charge is -2.20. The molecule has 134 valence electrons. The van der Waals surface area contributed by atoms with Gasteiger partial charge in [-0.05, 0) is 37.4 Å². The number of nitrogens with one attached hydrogen (secondary N) is 1. The predicted molar refractivity (Wildman–Crippen MR) is 95.0 cm³/mol. The van der Waals surface area contributed by atoms with Gasteiger partial charge in [0, 0.05) is 12.5 Å². The fraction of sp³-hybridized carbons (Fsp3) is 0.526. The number of benzene rings is 1. The summed E-state index contributed by atoms with van der Waals surface area (Å²) < 4.78 is 5.43. The maximum absolute atomic E-state index is 12.4. The zero-order chi connectivity index (χ0) is 17.8. The topological polar surface area (TPSA) is 71.3 Å². The number of carbonyl (C=O) groups is 1. The van der Waals surface area contributed by atoms with E-state index in [0.29, 0.717) is 19.0 Å². The number of aromatic nitrogens is 2. The second-order valence-corrected chi connectivity index (χ2v) is 6.98. The average Bonchev–Trinajstić information content (AvgIpc) is 3.23. The highest BCUT2D eigenvalue weighted by atomic mass is 16.5. The molecule has 0 spiro atoms. The molecular weight excluding hydrogens is 316 g/mol. The molecule has 0 aliphatic carbocycles. The van der Waals surface area contributed by atoms with E-state index in [-0.39, 0.29) is 17.9 Å². The van der Waals surface area contributed by atoms with Gasteiger partial charge in [-0.2, -0.15) is 4.98 Å². The smallest absolute Gasteiger partial charge is 0.244 e. The summed E-state index contributed by atoms with van der Waals surface area (Å²) in [5.41, 5.74) is 2.33. The first kappa shape index (κ1) is 17.6. The summed E-state index contributed by atoms with van der Waals surface area (Å²) in [5.74, 6) is 1.63. The highest BCUT2D eigenvalue weighted by molar-refractivity contribution is 5.78. The lowest BCUT2D eigenvalue weighted by atomic mass is 10.1. The molecule has 0 saturated carbocycles. The van der Waals surface area contributed by atoms with Crippen LogP contribution in [0.15, 0.2) is 28.8 Å². The van der Waals surface area contributed by atoms with Crippen molar-refractivity contribution in [2.45, 2.75) is 52.1 Å². The molecule has 1 fully saturated rings. The molecule has 0 unspecified atom stereocenters. The van der Waals surface area contributed by atoms with Crippen LogP contribution >= 0.6 is 0 Å². The molecule has 2 heterocycles. The number of nitrogens with zero attached hydrogens (tertiary/aromatic N) is 3. The Balaban J connectivity index is 1.57. The number of hydrogen-bond donors (Lipinski definition) is 1. The molecule has 1 aliphatic rings. The standard InChI is InChI=1S/C19H26N4O2/c1-13(2)18-21-19(25-22-18)16-9-6-10-23(16)12-17(24)20-11-15-8-5-4-7-14(15)3/h4-5,7-8,13,16H,6,9-12H2,1-3H3,(H,20,24)/t16-/m1/s1. The lowest BCUT2D eigenvalue weighted by molar-refractivity contribution is -0.122. The minimum Gasteiger partial charge on any atom is -0.351 e.